The summed E-state index contributed by atoms with van der Waals surface area (Å²) in [7, 11) is 0. The molecule has 0 nitrogen and oxygen atoms in total. The third-order valence-electron chi connectivity index (χ3n) is 1.09. The molecule has 0 unspecified atom stereocenters. The molecule has 0 saturated heterocycles. The molecule has 56 valence electrons. The van der Waals surface area contributed by atoms with Crippen LogP contribution in [0.2, 0.25) is 12.6 Å². The van der Waals surface area contributed by atoms with Crippen LogP contribution in [0.1, 0.15) is 6.92 Å². The highest BCUT2D eigenvalue weighted by molar-refractivity contribution is 7.92. The van der Waals surface area contributed by atoms with E-state index < -0.39 is 12.4 Å². The largest absolute Gasteiger partial charge is 0.273 e. The van der Waals surface area contributed by atoms with Crippen molar-refractivity contribution in [3.8, 4) is 0 Å². The molecule has 0 aliphatic heterocycles. The Morgan fingerprint density at radius 2 is 1.44 bits per heavy atom. The van der Waals surface area contributed by atoms with Crippen LogP contribution in [0.3, 0.4) is 0 Å². The normalized spacial score (nSPS) is 14.0. The second-order valence-corrected chi connectivity index (χ2v) is 24.8. The van der Waals surface area contributed by atoms with Gasteiger partial charge in [0.15, 0.2) is 0 Å². The third-order valence-corrected chi connectivity index (χ3v) is 25.9. The summed E-state index contributed by atoms with van der Waals surface area (Å²) in [5.74, 6) is 0. The van der Waals surface area contributed by atoms with Gasteiger partial charge >= 0.3 is 0 Å². The van der Waals surface area contributed by atoms with Crippen LogP contribution in [0.4, 0.5) is 0 Å². The van der Waals surface area contributed by atoms with E-state index in [9.17, 15) is 0 Å². The van der Waals surface area contributed by atoms with E-state index in [1.165, 1.54) is 0 Å². The summed E-state index contributed by atoms with van der Waals surface area (Å²) in [5, 5.41) is 0. The smallest absolute Gasteiger partial charge is 0.147 e. The van der Waals surface area contributed by atoms with Gasteiger partial charge < -0.3 is 0 Å². The van der Waals surface area contributed by atoms with Crippen LogP contribution in [-0.4, -0.2) is 12.4 Å². The van der Waals surface area contributed by atoms with Gasteiger partial charge in [-0.15, -0.1) is 44.3 Å². The van der Waals surface area contributed by atoms with Crippen LogP contribution in [0.15, 0.2) is 0 Å². The molecule has 0 aromatic carbocycles. The molecule has 0 aliphatic carbocycles. The molecule has 0 saturated carbocycles. The summed E-state index contributed by atoms with van der Waals surface area (Å²) in [4.78, 5) is 0. The number of hydrogen-bond donors (Lipinski definition) is 0. The van der Waals surface area contributed by atoms with Crippen molar-refractivity contribution in [2.45, 2.75) is 19.5 Å². The van der Waals surface area contributed by atoms with E-state index in [-0.39, 0.29) is 0 Å². The summed E-state index contributed by atoms with van der Waals surface area (Å²) < 4.78 is 0. The topological polar surface area (TPSA) is 0 Å². The first kappa shape index (κ1) is 10.6. The minimum absolute atomic E-state index is 0.728. The molecule has 0 heterocycles. The van der Waals surface area contributed by atoms with Crippen molar-refractivity contribution in [2.24, 2.45) is 0 Å². The van der Waals surface area contributed by atoms with Crippen LogP contribution >= 0.6 is 44.3 Å². The maximum Gasteiger partial charge on any atom is 0.273 e. The fourth-order valence-electron chi connectivity index (χ4n) is 0.310. The van der Waals surface area contributed by atoms with Gasteiger partial charge in [-0.25, -0.2) is 0 Å². The zero-order valence-electron chi connectivity index (χ0n) is 5.22. The highest BCUT2D eigenvalue weighted by atomic mass is 35.8. The molecule has 0 aromatic heterocycles. The molecular weight excluding hydrogens is 234 g/mol. The fraction of sp³-hybridized carbons (Fsp3) is 1.00. The Labute approximate surface area is 76.1 Å². The summed E-state index contributed by atoms with van der Waals surface area (Å²) in [6.45, 7) is 3.69. The second-order valence-electron chi connectivity index (χ2n) is 1.95. The molecule has 0 radical (unpaired) electrons. The molecule has 0 spiro atoms. The number of halogens is 4. The van der Waals surface area contributed by atoms with Crippen molar-refractivity contribution in [3.05, 3.63) is 0 Å². The maximum atomic E-state index is 5.90. The molecule has 0 amide bonds. The molecule has 0 aliphatic rings. The summed E-state index contributed by atoms with van der Waals surface area (Å²) in [6, 6.07) is 0.728. The number of rotatable bonds is 2. The Kier molecular flexibility index (Phi) is 3.92. The van der Waals surface area contributed by atoms with E-state index >= 15 is 0 Å². The minimum Gasteiger partial charge on any atom is -0.147 e. The first-order chi connectivity index (χ1) is 3.81. The lowest BCUT2D eigenvalue weighted by Crippen LogP contribution is -2.43. The van der Waals surface area contributed by atoms with Gasteiger partial charge in [0.1, 0.15) is 0 Å². The van der Waals surface area contributed by atoms with Gasteiger partial charge in [0, 0.05) is 0 Å². The maximum absolute atomic E-state index is 5.90. The predicted octanol–water partition coefficient (Wildman–Crippen LogP) is 3.55. The van der Waals surface area contributed by atoms with E-state index in [0.29, 0.717) is 0 Å². The van der Waals surface area contributed by atoms with E-state index in [0.717, 1.165) is 6.04 Å². The monoisotopic (exact) mass is 240 g/mol. The summed E-state index contributed by atoms with van der Waals surface area (Å²) in [6.07, 6.45) is -4.54. The van der Waals surface area contributed by atoms with E-state index in [1.54, 1.807) is 6.55 Å². The van der Waals surface area contributed by atoms with Gasteiger partial charge in [-0.3, -0.25) is 0 Å². The quantitative estimate of drug-likeness (QED) is 0.513. The average Bonchev–Trinajstić information content (AvgIpc) is 1.64. The van der Waals surface area contributed by atoms with Crippen molar-refractivity contribution in [2.75, 3.05) is 0 Å². The van der Waals surface area contributed by atoms with Gasteiger partial charge in [0.2, 0.25) is 0 Å². The highest BCUT2D eigenvalue weighted by Crippen LogP contribution is 2.36. The van der Waals surface area contributed by atoms with E-state index in [2.05, 4.69) is 0 Å². The fourth-order valence-corrected chi connectivity index (χ4v) is 5.20. The van der Waals surface area contributed by atoms with Crippen molar-refractivity contribution >= 4 is 56.7 Å². The van der Waals surface area contributed by atoms with Gasteiger partial charge in [0.05, 0.1) is 0 Å². The summed E-state index contributed by atoms with van der Waals surface area (Å²) in [5.41, 5.74) is 0. The molecule has 0 atom stereocenters. The molecule has 0 aromatic rings. The highest BCUT2D eigenvalue weighted by Gasteiger charge is 2.48. The molecular formula is C3H8Cl4Si2. The Bertz CT molecular complexity index is 96.5. The predicted molar refractivity (Wildman–Crippen MR) is 51.3 cm³/mol. The molecule has 0 rings (SSSR count). The van der Waals surface area contributed by atoms with Crippen LogP contribution in [0.5, 0.6) is 0 Å². The van der Waals surface area contributed by atoms with Crippen molar-refractivity contribution in [1.29, 1.82) is 0 Å². The standard InChI is InChI=1S/C3H8Cl4Si2/c1-3-9(6,7)8(2,4)5/h3H2,1-2H3. The van der Waals surface area contributed by atoms with Gasteiger partial charge in [-0.1, -0.05) is 6.92 Å². The Morgan fingerprint density at radius 1 is 1.11 bits per heavy atom. The van der Waals surface area contributed by atoms with Crippen molar-refractivity contribution < 1.29 is 0 Å². The molecule has 0 fully saturated rings. The minimum atomic E-state index is -2.27. The lowest BCUT2D eigenvalue weighted by molar-refractivity contribution is 1.45. The van der Waals surface area contributed by atoms with Gasteiger partial charge in [-0.2, -0.15) is 0 Å². The van der Waals surface area contributed by atoms with Crippen LogP contribution in [0.25, 0.3) is 0 Å². The van der Waals surface area contributed by atoms with E-state index in [4.69, 9.17) is 44.3 Å². The lowest BCUT2D eigenvalue weighted by Gasteiger charge is -2.22. The van der Waals surface area contributed by atoms with Gasteiger partial charge in [0.25, 0.3) is 12.4 Å². The first-order valence-electron chi connectivity index (χ1n) is 2.57. The zero-order valence-corrected chi connectivity index (χ0v) is 10.2. The molecule has 9 heavy (non-hydrogen) atoms. The Balaban J connectivity index is 4.14. The molecule has 0 N–H and O–H groups in total. The summed E-state index contributed by atoms with van der Waals surface area (Å²) >= 11 is 23.5. The third kappa shape index (κ3) is 2.99. The first-order valence-corrected chi connectivity index (χ1v) is 12.3. The number of hydrogen-bond acceptors (Lipinski definition) is 0. The Hall–Kier alpha value is 1.59. The van der Waals surface area contributed by atoms with Crippen LogP contribution in [0, 0.1) is 0 Å². The average molecular weight is 242 g/mol. The molecule has 6 heteroatoms. The Morgan fingerprint density at radius 3 is 1.44 bits per heavy atom. The van der Waals surface area contributed by atoms with Crippen LogP contribution < -0.4 is 0 Å². The SMILES string of the molecule is CC[Si](Cl)(Cl)[Si](C)(Cl)Cl. The van der Waals surface area contributed by atoms with E-state index in [1.807, 2.05) is 6.92 Å². The zero-order chi connectivity index (χ0) is 7.71. The van der Waals surface area contributed by atoms with Crippen LogP contribution in [-0.2, 0) is 0 Å². The molecule has 0 bridgehead atoms. The lowest BCUT2D eigenvalue weighted by atomic mass is 11.0. The second kappa shape index (κ2) is 3.33. The van der Waals surface area contributed by atoms with Crippen molar-refractivity contribution in [1.82, 2.24) is 0 Å². The van der Waals surface area contributed by atoms with Crippen molar-refractivity contribution in [3.63, 3.8) is 0 Å². The van der Waals surface area contributed by atoms with Gasteiger partial charge in [-0.05, 0) is 12.6 Å².